The lowest BCUT2D eigenvalue weighted by Gasteiger charge is -2.18. The average Bonchev–Trinajstić information content (AvgIpc) is 3.34. The van der Waals surface area contributed by atoms with E-state index in [1.807, 2.05) is 24.3 Å². The molecule has 1 aromatic heterocycles. The fourth-order valence-electron chi connectivity index (χ4n) is 3.73. The van der Waals surface area contributed by atoms with Gasteiger partial charge >= 0.3 is 0 Å². The van der Waals surface area contributed by atoms with E-state index in [1.165, 1.54) is 12.1 Å². The Morgan fingerprint density at radius 3 is 2.42 bits per heavy atom. The number of nitrogens with one attached hydrogen (secondary N) is 1. The van der Waals surface area contributed by atoms with E-state index in [1.54, 1.807) is 37.4 Å². The molecule has 0 aliphatic carbocycles. The van der Waals surface area contributed by atoms with Gasteiger partial charge in [0.1, 0.15) is 19.0 Å². The Morgan fingerprint density at radius 1 is 0.972 bits per heavy atom. The van der Waals surface area contributed by atoms with E-state index in [0.29, 0.717) is 48.3 Å². The van der Waals surface area contributed by atoms with Crippen molar-refractivity contribution in [2.24, 2.45) is 0 Å². The minimum Gasteiger partial charge on any atom is -0.497 e. The maximum atomic E-state index is 13.6. The summed E-state index contributed by atoms with van der Waals surface area (Å²) >= 11 is 6.00. The number of hydrogen-bond donors (Lipinski definition) is 1. The van der Waals surface area contributed by atoms with Crippen LogP contribution in [0.3, 0.4) is 0 Å². The zero-order valence-electron chi connectivity index (χ0n) is 19.4. The highest BCUT2D eigenvalue weighted by Gasteiger charge is 2.30. The van der Waals surface area contributed by atoms with Crippen LogP contribution in [0.4, 0.5) is 5.88 Å². The molecule has 0 atom stereocenters. The summed E-state index contributed by atoms with van der Waals surface area (Å²) in [6, 6.07) is 19.0. The van der Waals surface area contributed by atoms with Crippen LogP contribution in [0.15, 0.2) is 81.1 Å². The molecule has 3 aromatic carbocycles. The van der Waals surface area contributed by atoms with E-state index in [9.17, 15) is 8.42 Å². The Morgan fingerprint density at radius 2 is 1.69 bits per heavy atom. The molecule has 0 saturated heterocycles. The third kappa shape index (κ3) is 4.98. The molecule has 0 bridgehead atoms. The van der Waals surface area contributed by atoms with Crippen LogP contribution in [0.5, 0.6) is 17.2 Å². The number of rotatable bonds is 8. The van der Waals surface area contributed by atoms with Crippen LogP contribution < -0.4 is 19.5 Å². The number of methoxy groups -OCH3 is 1. The van der Waals surface area contributed by atoms with Crippen molar-refractivity contribution in [2.45, 2.75) is 16.3 Å². The molecule has 1 N–H and O–H groups in total. The summed E-state index contributed by atoms with van der Waals surface area (Å²) in [6.45, 7) is 1.18. The fourth-order valence-corrected chi connectivity index (χ4v) is 5.15. The molecule has 1 aliphatic rings. The van der Waals surface area contributed by atoms with Crippen molar-refractivity contribution in [1.29, 1.82) is 0 Å². The second-order valence-corrected chi connectivity index (χ2v) is 10.3. The summed E-state index contributed by atoms with van der Waals surface area (Å²) in [7, 11) is -2.43. The number of sulfone groups is 1. The van der Waals surface area contributed by atoms with Crippen molar-refractivity contribution >= 4 is 27.3 Å². The fraction of sp³-hybridized carbons (Fsp3) is 0.192. The molecule has 2 heterocycles. The van der Waals surface area contributed by atoms with Gasteiger partial charge in [-0.25, -0.2) is 8.42 Å². The van der Waals surface area contributed by atoms with E-state index in [-0.39, 0.29) is 21.7 Å². The highest BCUT2D eigenvalue weighted by molar-refractivity contribution is 7.91. The smallest absolute Gasteiger partial charge is 0.233 e. The van der Waals surface area contributed by atoms with Crippen LogP contribution in [0.2, 0.25) is 5.02 Å². The second-order valence-electron chi connectivity index (χ2n) is 7.99. The first kappa shape index (κ1) is 24.0. The highest BCUT2D eigenvalue weighted by Crippen LogP contribution is 2.37. The first-order chi connectivity index (χ1) is 17.4. The maximum absolute atomic E-state index is 13.6. The van der Waals surface area contributed by atoms with Crippen molar-refractivity contribution in [3.63, 3.8) is 0 Å². The predicted octanol–water partition coefficient (Wildman–Crippen LogP) is 5.26. The second kappa shape index (κ2) is 10.1. The molecule has 0 radical (unpaired) electrons. The summed E-state index contributed by atoms with van der Waals surface area (Å²) in [5, 5.41) is 3.45. The number of fused-ring (bicyclic) bond motifs is 1. The third-order valence-corrected chi connectivity index (χ3v) is 7.54. The zero-order chi connectivity index (χ0) is 25.1. The lowest BCUT2D eigenvalue weighted by Crippen LogP contribution is -2.16. The van der Waals surface area contributed by atoms with Gasteiger partial charge in [0.05, 0.1) is 12.0 Å². The Bertz CT molecular complexity index is 1470. The van der Waals surface area contributed by atoms with Crippen LogP contribution in [0.1, 0.15) is 5.56 Å². The molecule has 36 heavy (non-hydrogen) atoms. The predicted molar refractivity (Wildman–Crippen MR) is 135 cm³/mol. The molecule has 8 nitrogen and oxygen atoms in total. The summed E-state index contributed by atoms with van der Waals surface area (Å²) in [5.41, 5.74) is 1.65. The van der Waals surface area contributed by atoms with Crippen LogP contribution in [-0.2, 0) is 16.3 Å². The van der Waals surface area contributed by atoms with Gasteiger partial charge < -0.3 is 23.9 Å². The van der Waals surface area contributed by atoms with Gasteiger partial charge in [0.2, 0.25) is 26.6 Å². The number of aromatic nitrogens is 1. The summed E-state index contributed by atoms with van der Waals surface area (Å²) in [4.78, 5) is 4.40. The molecule has 0 fully saturated rings. The minimum absolute atomic E-state index is 0.0286. The van der Waals surface area contributed by atoms with Crippen molar-refractivity contribution in [3.05, 3.63) is 77.3 Å². The van der Waals surface area contributed by atoms with E-state index in [4.69, 9.17) is 30.2 Å². The first-order valence-electron chi connectivity index (χ1n) is 11.2. The van der Waals surface area contributed by atoms with Gasteiger partial charge in [-0.2, -0.15) is 4.98 Å². The Labute approximate surface area is 213 Å². The molecule has 0 amide bonds. The Kier molecular flexibility index (Phi) is 6.75. The minimum atomic E-state index is -4.05. The largest absolute Gasteiger partial charge is 0.497 e. The van der Waals surface area contributed by atoms with E-state index >= 15 is 0 Å². The monoisotopic (exact) mass is 526 g/mol. The summed E-state index contributed by atoms with van der Waals surface area (Å²) < 4.78 is 49.5. The number of halogens is 1. The van der Waals surface area contributed by atoms with Gasteiger partial charge in [-0.15, -0.1) is 0 Å². The van der Waals surface area contributed by atoms with Gasteiger partial charge in [-0.05, 0) is 60.5 Å². The van der Waals surface area contributed by atoms with Gasteiger partial charge in [0.25, 0.3) is 0 Å². The first-order valence-corrected chi connectivity index (χ1v) is 13.1. The van der Waals surface area contributed by atoms with Crippen LogP contribution in [-0.4, -0.2) is 40.3 Å². The molecule has 1 aliphatic heterocycles. The Balaban J connectivity index is 1.46. The number of hydrogen-bond acceptors (Lipinski definition) is 8. The van der Waals surface area contributed by atoms with E-state index in [2.05, 4.69) is 10.3 Å². The summed E-state index contributed by atoms with van der Waals surface area (Å²) in [5.74, 6) is 1.86. The van der Waals surface area contributed by atoms with Crippen molar-refractivity contribution < 1.29 is 27.0 Å². The standard InChI is InChI=1S/C26H23ClN2O6S/c1-32-20-8-2-17(3-9-20)12-13-28-25-26(29-24(35-25)18-4-6-19(27)7-5-18)36(30,31)21-10-11-22-23(16-21)34-15-14-33-22/h2-11,16,28H,12-15H2,1H3. The van der Waals surface area contributed by atoms with Gasteiger partial charge in [-0.3, -0.25) is 0 Å². The quantitative estimate of drug-likeness (QED) is 0.332. The molecule has 4 aromatic rings. The van der Waals surface area contributed by atoms with Gasteiger partial charge in [0, 0.05) is 23.2 Å². The van der Waals surface area contributed by atoms with Gasteiger partial charge in [0.15, 0.2) is 11.5 Å². The average molecular weight is 527 g/mol. The van der Waals surface area contributed by atoms with Crippen LogP contribution in [0.25, 0.3) is 11.5 Å². The zero-order valence-corrected chi connectivity index (χ0v) is 20.9. The topological polar surface area (TPSA) is 99.9 Å². The van der Waals surface area contributed by atoms with Crippen LogP contribution >= 0.6 is 11.6 Å². The van der Waals surface area contributed by atoms with Gasteiger partial charge in [-0.1, -0.05) is 23.7 Å². The van der Waals surface area contributed by atoms with Crippen molar-refractivity contribution in [2.75, 3.05) is 32.2 Å². The lowest BCUT2D eigenvalue weighted by molar-refractivity contribution is 0.171. The molecule has 186 valence electrons. The number of nitrogens with zero attached hydrogens (tertiary/aromatic N) is 1. The van der Waals surface area contributed by atoms with E-state index in [0.717, 1.165) is 11.3 Å². The van der Waals surface area contributed by atoms with Crippen LogP contribution in [0, 0.1) is 0 Å². The molecular formula is C26H23ClN2O6S. The third-order valence-electron chi connectivity index (χ3n) is 5.62. The SMILES string of the molecule is COc1ccc(CCNc2oc(-c3ccc(Cl)cc3)nc2S(=O)(=O)c2ccc3c(c2)OCCO3)cc1. The molecule has 0 spiro atoms. The highest BCUT2D eigenvalue weighted by atomic mass is 35.5. The summed E-state index contributed by atoms with van der Waals surface area (Å²) in [6.07, 6.45) is 0.629. The molecule has 10 heteroatoms. The van der Waals surface area contributed by atoms with Crippen molar-refractivity contribution in [3.8, 4) is 28.7 Å². The van der Waals surface area contributed by atoms with E-state index < -0.39 is 9.84 Å². The molecule has 5 rings (SSSR count). The number of benzene rings is 3. The normalized spacial score (nSPS) is 12.8. The number of ether oxygens (including phenoxy) is 3. The number of oxazole rings is 1. The maximum Gasteiger partial charge on any atom is 0.233 e. The molecular weight excluding hydrogens is 504 g/mol. The number of anilines is 1. The van der Waals surface area contributed by atoms with Crippen molar-refractivity contribution in [1.82, 2.24) is 4.98 Å². The molecule has 0 saturated carbocycles. The molecule has 0 unspecified atom stereocenters. The Hall–Kier alpha value is -3.69. The lowest BCUT2D eigenvalue weighted by atomic mass is 10.1.